The molecule has 0 bridgehead atoms. The molecule has 106 valence electrons. The van der Waals surface area contributed by atoms with Crippen molar-refractivity contribution in [2.24, 2.45) is 5.92 Å². The number of para-hydroxylation sites is 2. The molecule has 5 nitrogen and oxygen atoms in total. The van der Waals surface area contributed by atoms with E-state index in [-0.39, 0.29) is 11.9 Å². The van der Waals surface area contributed by atoms with Crippen molar-refractivity contribution in [1.29, 1.82) is 0 Å². The maximum atomic E-state index is 11.6. The molecule has 3 rings (SSSR count). The number of carbonyl (C=O) groups excluding carboxylic acids is 1. The number of likely N-dealkylation sites (tertiary alicyclic amines) is 1. The fourth-order valence-corrected chi connectivity index (χ4v) is 2.74. The third-order valence-electron chi connectivity index (χ3n) is 3.74. The van der Waals surface area contributed by atoms with E-state index in [4.69, 9.17) is 9.15 Å². The molecular weight excluding hydrogens is 256 g/mol. The molecule has 2 heterocycles. The molecule has 2 aromatic rings. The SMILES string of the molecule is COC(=O)C1CCCN(Cc2nc3ccccc3o2)C1. The quantitative estimate of drug-likeness (QED) is 0.803. The molecule has 0 aliphatic carbocycles. The molecule has 0 saturated carbocycles. The van der Waals surface area contributed by atoms with Crippen molar-refractivity contribution in [1.82, 2.24) is 9.88 Å². The second kappa shape index (κ2) is 5.63. The average Bonchev–Trinajstić information content (AvgIpc) is 2.88. The highest BCUT2D eigenvalue weighted by atomic mass is 16.5. The van der Waals surface area contributed by atoms with Crippen LogP contribution in [-0.4, -0.2) is 36.1 Å². The monoisotopic (exact) mass is 274 g/mol. The zero-order valence-corrected chi connectivity index (χ0v) is 11.5. The van der Waals surface area contributed by atoms with Gasteiger partial charge in [0.2, 0.25) is 5.89 Å². The summed E-state index contributed by atoms with van der Waals surface area (Å²) in [4.78, 5) is 18.3. The second-order valence-corrected chi connectivity index (χ2v) is 5.17. The number of hydrogen-bond donors (Lipinski definition) is 0. The summed E-state index contributed by atoms with van der Waals surface area (Å²) in [5, 5.41) is 0. The van der Waals surface area contributed by atoms with Gasteiger partial charge in [0.15, 0.2) is 5.58 Å². The van der Waals surface area contributed by atoms with Crippen LogP contribution < -0.4 is 0 Å². The molecule has 5 heteroatoms. The third kappa shape index (κ3) is 2.67. The van der Waals surface area contributed by atoms with E-state index < -0.39 is 0 Å². The van der Waals surface area contributed by atoms with Crippen molar-refractivity contribution < 1.29 is 13.9 Å². The topological polar surface area (TPSA) is 55.6 Å². The highest BCUT2D eigenvalue weighted by Crippen LogP contribution is 2.21. The van der Waals surface area contributed by atoms with Gasteiger partial charge in [-0.1, -0.05) is 12.1 Å². The average molecular weight is 274 g/mol. The summed E-state index contributed by atoms with van der Waals surface area (Å²) in [6.45, 7) is 2.32. The molecule has 1 saturated heterocycles. The summed E-state index contributed by atoms with van der Waals surface area (Å²) < 4.78 is 10.6. The number of rotatable bonds is 3. The molecule has 0 radical (unpaired) electrons. The Balaban J connectivity index is 1.69. The van der Waals surface area contributed by atoms with Gasteiger partial charge in [0.1, 0.15) is 5.52 Å². The first-order valence-electron chi connectivity index (χ1n) is 6.91. The van der Waals surface area contributed by atoms with Crippen molar-refractivity contribution in [3.05, 3.63) is 30.2 Å². The lowest BCUT2D eigenvalue weighted by Gasteiger charge is -2.30. The molecule has 20 heavy (non-hydrogen) atoms. The van der Waals surface area contributed by atoms with E-state index in [2.05, 4.69) is 9.88 Å². The molecule has 1 atom stereocenters. The highest BCUT2D eigenvalue weighted by Gasteiger charge is 2.27. The van der Waals surface area contributed by atoms with Gasteiger partial charge >= 0.3 is 5.97 Å². The smallest absolute Gasteiger partial charge is 0.309 e. The van der Waals surface area contributed by atoms with E-state index >= 15 is 0 Å². The Hall–Kier alpha value is -1.88. The van der Waals surface area contributed by atoms with Gasteiger partial charge in [0, 0.05) is 6.54 Å². The maximum Gasteiger partial charge on any atom is 0.309 e. The number of carbonyl (C=O) groups is 1. The molecule has 1 aromatic carbocycles. The molecule has 1 aliphatic rings. The standard InChI is InChI=1S/C15H18N2O3/c1-19-15(18)11-5-4-8-17(9-11)10-14-16-12-6-2-3-7-13(12)20-14/h2-3,6-7,11H,4-5,8-10H2,1H3. The predicted molar refractivity (Wildman–Crippen MR) is 74.0 cm³/mol. The van der Waals surface area contributed by atoms with Crippen LogP contribution in [0.1, 0.15) is 18.7 Å². The highest BCUT2D eigenvalue weighted by molar-refractivity contribution is 5.73. The van der Waals surface area contributed by atoms with Crippen LogP contribution in [0.15, 0.2) is 28.7 Å². The van der Waals surface area contributed by atoms with Crippen LogP contribution in [0.25, 0.3) is 11.1 Å². The summed E-state index contributed by atoms with van der Waals surface area (Å²) in [6, 6.07) is 7.74. The van der Waals surface area contributed by atoms with Crippen LogP contribution in [0.2, 0.25) is 0 Å². The van der Waals surface area contributed by atoms with Crippen molar-refractivity contribution in [2.75, 3.05) is 20.2 Å². The summed E-state index contributed by atoms with van der Waals surface area (Å²) in [7, 11) is 1.45. The van der Waals surface area contributed by atoms with E-state index in [1.807, 2.05) is 24.3 Å². The molecule has 1 aliphatic heterocycles. The number of fused-ring (bicyclic) bond motifs is 1. The van der Waals surface area contributed by atoms with Crippen LogP contribution >= 0.6 is 0 Å². The Morgan fingerprint density at radius 1 is 1.50 bits per heavy atom. The Morgan fingerprint density at radius 2 is 2.35 bits per heavy atom. The Morgan fingerprint density at radius 3 is 3.15 bits per heavy atom. The van der Waals surface area contributed by atoms with Gasteiger partial charge < -0.3 is 9.15 Å². The number of ether oxygens (including phenoxy) is 1. The summed E-state index contributed by atoms with van der Waals surface area (Å²) in [5.41, 5.74) is 1.69. The van der Waals surface area contributed by atoms with E-state index in [0.717, 1.165) is 30.5 Å². The zero-order valence-electron chi connectivity index (χ0n) is 11.5. The molecular formula is C15H18N2O3. The first kappa shape index (κ1) is 13.1. The van der Waals surface area contributed by atoms with Gasteiger partial charge in [-0.25, -0.2) is 4.98 Å². The van der Waals surface area contributed by atoms with Crippen LogP contribution in [0.5, 0.6) is 0 Å². The van der Waals surface area contributed by atoms with Crippen LogP contribution in [0.4, 0.5) is 0 Å². The summed E-state index contributed by atoms with van der Waals surface area (Å²) in [6.07, 6.45) is 1.90. The number of benzene rings is 1. The minimum absolute atomic E-state index is 0.0295. The van der Waals surface area contributed by atoms with Gasteiger partial charge in [-0.15, -0.1) is 0 Å². The minimum Gasteiger partial charge on any atom is -0.469 e. The van der Waals surface area contributed by atoms with Crippen molar-refractivity contribution in [3.63, 3.8) is 0 Å². The van der Waals surface area contributed by atoms with Crippen molar-refractivity contribution in [2.45, 2.75) is 19.4 Å². The summed E-state index contributed by atoms with van der Waals surface area (Å²) in [5.74, 6) is 0.558. The number of methoxy groups -OCH3 is 1. The van der Waals surface area contributed by atoms with E-state index in [9.17, 15) is 4.79 Å². The predicted octanol–water partition coefficient (Wildman–Crippen LogP) is 2.21. The number of hydrogen-bond acceptors (Lipinski definition) is 5. The lowest BCUT2D eigenvalue weighted by molar-refractivity contribution is -0.147. The van der Waals surface area contributed by atoms with Gasteiger partial charge in [-0.05, 0) is 31.5 Å². The largest absolute Gasteiger partial charge is 0.469 e. The first-order chi connectivity index (χ1) is 9.76. The number of piperidine rings is 1. The molecule has 1 aromatic heterocycles. The maximum absolute atomic E-state index is 11.6. The van der Waals surface area contributed by atoms with E-state index in [0.29, 0.717) is 19.0 Å². The van der Waals surface area contributed by atoms with Crippen molar-refractivity contribution in [3.8, 4) is 0 Å². The summed E-state index contributed by atoms with van der Waals surface area (Å²) >= 11 is 0. The lowest BCUT2D eigenvalue weighted by Crippen LogP contribution is -2.38. The Bertz CT molecular complexity index is 575. The van der Waals surface area contributed by atoms with Crippen molar-refractivity contribution >= 4 is 17.1 Å². The van der Waals surface area contributed by atoms with Gasteiger partial charge in [0.05, 0.1) is 19.6 Å². The second-order valence-electron chi connectivity index (χ2n) is 5.17. The van der Waals surface area contributed by atoms with Gasteiger partial charge in [0.25, 0.3) is 0 Å². The minimum atomic E-state index is -0.118. The molecule has 0 amide bonds. The van der Waals surface area contributed by atoms with E-state index in [1.165, 1.54) is 7.11 Å². The van der Waals surface area contributed by atoms with Crippen LogP contribution in [0, 0.1) is 5.92 Å². The van der Waals surface area contributed by atoms with E-state index in [1.54, 1.807) is 0 Å². The lowest BCUT2D eigenvalue weighted by atomic mass is 9.98. The van der Waals surface area contributed by atoms with Crippen LogP contribution in [-0.2, 0) is 16.1 Å². The Kier molecular flexibility index (Phi) is 3.69. The fraction of sp³-hybridized carbons (Fsp3) is 0.467. The third-order valence-corrected chi connectivity index (χ3v) is 3.74. The molecule has 0 spiro atoms. The first-order valence-corrected chi connectivity index (χ1v) is 6.91. The molecule has 0 N–H and O–H groups in total. The number of esters is 1. The number of oxazole rings is 1. The molecule has 1 fully saturated rings. The van der Waals surface area contributed by atoms with Crippen LogP contribution in [0.3, 0.4) is 0 Å². The number of nitrogens with zero attached hydrogens (tertiary/aromatic N) is 2. The van der Waals surface area contributed by atoms with Gasteiger partial charge in [-0.3, -0.25) is 9.69 Å². The fourth-order valence-electron chi connectivity index (χ4n) is 2.74. The zero-order chi connectivity index (χ0) is 13.9. The van der Waals surface area contributed by atoms with Gasteiger partial charge in [-0.2, -0.15) is 0 Å². The Labute approximate surface area is 117 Å². The normalized spacial score (nSPS) is 20.1. The molecule has 1 unspecified atom stereocenters. The number of aromatic nitrogens is 1.